The van der Waals surface area contributed by atoms with E-state index in [-0.39, 0.29) is 40.1 Å². The number of halogens is 1. The van der Waals surface area contributed by atoms with E-state index in [9.17, 15) is 28.1 Å². The highest BCUT2D eigenvalue weighted by atomic mass is 35.5. The van der Waals surface area contributed by atoms with Gasteiger partial charge >= 0.3 is 5.97 Å². The summed E-state index contributed by atoms with van der Waals surface area (Å²) >= 11 is 5.88. The zero-order chi connectivity index (χ0) is 21.2. The number of hydrogen-bond acceptors (Lipinski definition) is 8. The molecule has 1 amide bonds. The number of sulfonamides is 1. The summed E-state index contributed by atoms with van der Waals surface area (Å²) in [6.45, 7) is -0.478. The van der Waals surface area contributed by atoms with Crippen molar-refractivity contribution in [1.82, 2.24) is 4.90 Å². The number of nitro benzene ring substituents is 1. The number of amidine groups is 1. The maximum atomic E-state index is 12.1. The van der Waals surface area contributed by atoms with Crippen molar-refractivity contribution in [3.8, 4) is 0 Å². The van der Waals surface area contributed by atoms with Crippen LogP contribution in [0.25, 0.3) is 0 Å². The molecule has 0 aromatic heterocycles. The lowest BCUT2D eigenvalue weighted by molar-refractivity contribution is -0.384. The van der Waals surface area contributed by atoms with Crippen LogP contribution in [0.15, 0.2) is 46.5 Å². The van der Waals surface area contributed by atoms with Crippen LogP contribution in [0.4, 0.5) is 11.4 Å². The summed E-state index contributed by atoms with van der Waals surface area (Å²) < 4.78 is 31.5. The maximum absolute atomic E-state index is 12.1. The third-order valence-electron chi connectivity index (χ3n) is 3.83. The number of non-ortho nitro benzene ring substituents is 1. The summed E-state index contributed by atoms with van der Waals surface area (Å²) in [5, 5.41) is 13.0. The normalized spacial score (nSPS) is 16.9. The predicted octanol–water partition coefficient (Wildman–Crippen LogP) is 1.23. The van der Waals surface area contributed by atoms with Gasteiger partial charge in [-0.05, 0) is 18.2 Å². The van der Waals surface area contributed by atoms with Crippen molar-refractivity contribution in [3.63, 3.8) is 0 Å². The zero-order valence-corrected chi connectivity index (χ0v) is 16.1. The lowest BCUT2D eigenvalue weighted by Gasteiger charge is -2.26. The average Bonchev–Trinajstić information content (AvgIpc) is 2.66. The third-order valence-corrected chi connectivity index (χ3v) is 5.31. The molecule has 0 aliphatic carbocycles. The van der Waals surface area contributed by atoms with Gasteiger partial charge in [-0.15, -0.1) is 4.40 Å². The van der Waals surface area contributed by atoms with Crippen molar-refractivity contribution in [2.24, 2.45) is 4.40 Å². The standard InChI is InChI=1S/C16H13ClN4O7S/c17-12-7-11(21(24)25)2-3-13(12)18-15(22)9-28-16(23)10-1-4-14-19-29(26,27)6-5-20(14)8-10/h1-4,7-8H,5-6,9H2,(H,18,22). The predicted molar refractivity (Wildman–Crippen MR) is 103 cm³/mol. The van der Waals surface area contributed by atoms with Gasteiger partial charge < -0.3 is 15.0 Å². The first kappa shape index (κ1) is 20.5. The Morgan fingerprint density at radius 1 is 1.34 bits per heavy atom. The lowest BCUT2D eigenvalue weighted by atomic mass is 10.2. The highest BCUT2D eigenvalue weighted by Gasteiger charge is 2.25. The second-order valence-corrected chi connectivity index (χ2v) is 8.05. The highest BCUT2D eigenvalue weighted by molar-refractivity contribution is 7.90. The fourth-order valence-corrected chi connectivity index (χ4v) is 3.63. The summed E-state index contributed by atoms with van der Waals surface area (Å²) in [7, 11) is -3.50. The number of rotatable bonds is 5. The minimum absolute atomic E-state index is 0.0383. The largest absolute Gasteiger partial charge is 0.452 e. The first-order valence-corrected chi connectivity index (χ1v) is 10.0. The number of nitro groups is 1. The molecule has 152 valence electrons. The summed E-state index contributed by atoms with van der Waals surface area (Å²) in [6, 6.07) is 3.51. The number of fused-ring (bicyclic) bond motifs is 1. The molecular formula is C16H13ClN4O7S. The molecule has 0 atom stereocenters. The Hall–Kier alpha value is -3.25. The third kappa shape index (κ3) is 4.97. The summed E-state index contributed by atoms with van der Waals surface area (Å²) in [6.07, 6.45) is 4.09. The van der Waals surface area contributed by atoms with E-state index in [1.807, 2.05) is 0 Å². The molecular weight excluding hydrogens is 428 g/mol. The molecule has 3 rings (SSSR count). The molecule has 0 saturated heterocycles. The van der Waals surface area contributed by atoms with E-state index >= 15 is 0 Å². The van der Waals surface area contributed by atoms with Gasteiger partial charge in [-0.1, -0.05) is 11.6 Å². The summed E-state index contributed by atoms with van der Waals surface area (Å²) in [5.74, 6) is -1.47. The number of carbonyl (C=O) groups is 2. The van der Waals surface area contributed by atoms with E-state index in [0.717, 1.165) is 6.07 Å². The number of amides is 1. The zero-order valence-electron chi connectivity index (χ0n) is 14.6. The minimum atomic E-state index is -3.50. The van der Waals surface area contributed by atoms with Gasteiger partial charge in [0, 0.05) is 24.9 Å². The van der Waals surface area contributed by atoms with Crippen LogP contribution >= 0.6 is 11.6 Å². The molecule has 0 radical (unpaired) electrons. The molecule has 0 unspecified atom stereocenters. The number of ether oxygens (including phenoxy) is 1. The fourth-order valence-electron chi connectivity index (χ4n) is 2.44. The van der Waals surface area contributed by atoms with Crippen molar-refractivity contribution in [3.05, 3.63) is 57.3 Å². The van der Waals surface area contributed by atoms with Crippen molar-refractivity contribution in [2.45, 2.75) is 0 Å². The Kier molecular flexibility index (Phi) is 5.66. The SMILES string of the molecule is O=C(COC(=O)C1=CN2CCS(=O)(=O)N=C2C=C1)Nc1ccc([N+](=O)[O-])cc1Cl. The summed E-state index contributed by atoms with van der Waals surface area (Å²) in [4.78, 5) is 35.6. The minimum Gasteiger partial charge on any atom is -0.452 e. The number of nitrogens with one attached hydrogen (secondary N) is 1. The first-order valence-electron chi connectivity index (χ1n) is 8.05. The second kappa shape index (κ2) is 8.01. The maximum Gasteiger partial charge on any atom is 0.340 e. The smallest absolute Gasteiger partial charge is 0.340 e. The van der Waals surface area contributed by atoms with Crippen molar-refractivity contribution in [2.75, 3.05) is 24.2 Å². The summed E-state index contributed by atoms with van der Waals surface area (Å²) in [5.41, 5.74) is 0.0127. The van der Waals surface area contributed by atoms with Crippen molar-refractivity contribution >= 4 is 50.7 Å². The molecule has 1 N–H and O–H groups in total. The van der Waals surface area contributed by atoms with Crippen molar-refractivity contribution in [1.29, 1.82) is 0 Å². The molecule has 1 aromatic rings. The number of nitrogens with zero attached hydrogens (tertiary/aromatic N) is 3. The van der Waals surface area contributed by atoms with Crippen LogP contribution in [0.5, 0.6) is 0 Å². The van der Waals surface area contributed by atoms with Crippen LogP contribution in [0.3, 0.4) is 0 Å². The number of esters is 1. The van der Waals surface area contributed by atoms with E-state index < -0.39 is 33.4 Å². The van der Waals surface area contributed by atoms with Gasteiger partial charge in [-0.2, -0.15) is 0 Å². The molecule has 13 heteroatoms. The van der Waals surface area contributed by atoms with E-state index in [1.54, 1.807) is 0 Å². The van der Waals surface area contributed by atoms with Crippen LogP contribution in [0.2, 0.25) is 5.02 Å². The Balaban J connectivity index is 1.57. The molecule has 0 saturated carbocycles. The van der Waals surface area contributed by atoms with Gasteiger partial charge in [0.2, 0.25) is 0 Å². The van der Waals surface area contributed by atoms with Crippen LogP contribution in [0, 0.1) is 10.1 Å². The van der Waals surface area contributed by atoms with Gasteiger partial charge in [0.15, 0.2) is 6.61 Å². The van der Waals surface area contributed by atoms with Gasteiger partial charge in [-0.25, -0.2) is 13.2 Å². The van der Waals surface area contributed by atoms with Crippen LogP contribution in [0.1, 0.15) is 0 Å². The van der Waals surface area contributed by atoms with Gasteiger partial charge in [0.05, 0.1) is 27.0 Å². The molecule has 2 aliphatic rings. The Morgan fingerprint density at radius 3 is 2.79 bits per heavy atom. The molecule has 0 spiro atoms. The Morgan fingerprint density at radius 2 is 2.10 bits per heavy atom. The molecule has 0 bridgehead atoms. The number of carbonyl (C=O) groups excluding carboxylic acids is 2. The number of benzene rings is 1. The molecule has 29 heavy (non-hydrogen) atoms. The quantitative estimate of drug-likeness (QED) is 0.408. The van der Waals surface area contributed by atoms with Crippen molar-refractivity contribution < 1.29 is 27.7 Å². The van der Waals surface area contributed by atoms with E-state index in [0.29, 0.717) is 0 Å². The molecule has 2 heterocycles. The molecule has 0 fully saturated rings. The van der Waals surface area contributed by atoms with E-state index in [4.69, 9.17) is 16.3 Å². The first-order chi connectivity index (χ1) is 13.6. The fraction of sp³-hybridized carbons (Fsp3) is 0.188. The average molecular weight is 441 g/mol. The second-order valence-electron chi connectivity index (χ2n) is 5.89. The van der Waals surface area contributed by atoms with Gasteiger partial charge in [0.1, 0.15) is 5.84 Å². The monoisotopic (exact) mass is 440 g/mol. The van der Waals surface area contributed by atoms with Gasteiger partial charge in [-0.3, -0.25) is 14.9 Å². The van der Waals surface area contributed by atoms with Crippen LogP contribution < -0.4 is 5.32 Å². The molecule has 2 aliphatic heterocycles. The van der Waals surface area contributed by atoms with E-state index in [2.05, 4.69) is 9.71 Å². The number of hydrogen-bond donors (Lipinski definition) is 1. The van der Waals surface area contributed by atoms with Crippen LogP contribution in [-0.4, -0.2) is 54.9 Å². The van der Waals surface area contributed by atoms with Crippen LogP contribution in [-0.2, 0) is 24.3 Å². The Labute approximate surface area is 169 Å². The highest BCUT2D eigenvalue weighted by Crippen LogP contribution is 2.26. The van der Waals surface area contributed by atoms with Gasteiger partial charge in [0.25, 0.3) is 21.6 Å². The van der Waals surface area contributed by atoms with E-state index in [1.165, 1.54) is 35.4 Å². The topological polar surface area (TPSA) is 148 Å². The molecule has 11 nitrogen and oxygen atoms in total. The number of anilines is 1. The Bertz CT molecular complexity index is 1090. The molecule has 1 aromatic carbocycles. The lowest BCUT2D eigenvalue weighted by Crippen LogP contribution is -2.37.